The molecule has 1 aliphatic rings. The van der Waals surface area contributed by atoms with E-state index in [1.165, 1.54) is 5.56 Å². The molecule has 4 nitrogen and oxygen atoms in total. The fraction of sp³-hybridized carbons (Fsp3) is 0.591. The first-order valence-electron chi connectivity index (χ1n) is 9.46. The Morgan fingerprint density at radius 2 is 2.04 bits per heavy atom. The van der Waals surface area contributed by atoms with Gasteiger partial charge in [-0.05, 0) is 60.3 Å². The van der Waals surface area contributed by atoms with Gasteiger partial charge in [0.1, 0.15) is 11.3 Å². The zero-order valence-electron chi connectivity index (χ0n) is 17.7. The largest absolute Gasteiger partial charge is 1.00 e. The van der Waals surface area contributed by atoms with Crippen LogP contribution in [0.4, 0.5) is 4.79 Å². The second-order valence-electron chi connectivity index (χ2n) is 8.24. The van der Waals surface area contributed by atoms with E-state index >= 15 is 0 Å². The van der Waals surface area contributed by atoms with Gasteiger partial charge in [0.25, 0.3) is 0 Å². The normalized spacial score (nSPS) is 19.1. The van der Waals surface area contributed by atoms with E-state index in [0.29, 0.717) is 6.61 Å². The average molecular weight is 365 g/mol. The van der Waals surface area contributed by atoms with E-state index < -0.39 is 11.3 Å². The molecule has 1 amide bonds. The van der Waals surface area contributed by atoms with Crippen molar-refractivity contribution in [3.8, 4) is 0 Å². The molecule has 1 aromatic rings. The van der Waals surface area contributed by atoms with Gasteiger partial charge in [0.05, 0.1) is 12.6 Å². The molecule has 0 radical (unpaired) electrons. The van der Waals surface area contributed by atoms with Gasteiger partial charge < -0.3 is 9.47 Å². The predicted octanol–water partition coefficient (Wildman–Crippen LogP) is 2.13. The topological polar surface area (TPSA) is 38.8 Å². The van der Waals surface area contributed by atoms with Gasteiger partial charge in [-0.25, -0.2) is 4.79 Å². The van der Waals surface area contributed by atoms with E-state index in [1.54, 1.807) is 4.90 Å². The maximum atomic E-state index is 12.6. The second-order valence-corrected chi connectivity index (χ2v) is 8.24. The molecule has 27 heavy (non-hydrogen) atoms. The molecule has 0 saturated carbocycles. The Hall–Kier alpha value is -1.21. The van der Waals surface area contributed by atoms with Crippen molar-refractivity contribution in [2.75, 3.05) is 6.61 Å². The minimum atomic E-state index is -0.625. The Labute approximate surface area is 176 Å². The van der Waals surface area contributed by atoms with Crippen LogP contribution < -0.4 is 18.9 Å². The van der Waals surface area contributed by atoms with Gasteiger partial charge in [-0.15, -0.1) is 0 Å². The van der Waals surface area contributed by atoms with Crippen molar-refractivity contribution < 1.29 is 33.1 Å². The molecule has 1 heterocycles. The molecule has 144 valence electrons. The van der Waals surface area contributed by atoms with Gasteiger partial charge in [0.2, 0.25) is 0 Å². The number of nitrogens with zero attached hydrogens (tertiary/aromatic N) is 1. The first-order chi connectivity index (χ1) is 12.2. The van der Waals surface area contributed by atoms with Crippen molar-refractivity contribution in [2.24, 2.45) is 0 Å². The van der Waals surface area contributed by atoms with E-state index in [2.05, 4.69) is 24.3 Å². The fourth-order valence-electron chi connectivity index (χ4n) is 3.13. The summed E-state index contributed by atoms with van der Waals surface area (Å²) < 4.78 is 11.4. The smallest absolute Gasteiger partial charge is 0.444 e. The van der Waals surface area contributed by atoms with Gasteiger partial charge in [-0.2, -0.15) is 35.9 Å². The zero-order chi connectivity index (χ0) is 19.2. The number of carbonyl (C=O) groups excluding carboxylic acids is 1. The number of aryl methyl sites for hydroxylation is 1. The second kappa shape index (κ2) is 10.4. The van der Waals surface area contributed by atoms with Crippen LogP contribution in [-0.2, 0) is 15.9 Å². The van der Waals surface area contributed by atoms with Gasteiger partial charge in [-0.3, -0.25) is 4.90 Å². The Morgan fingerprint density at radius 3 is 2.67 bits per heavy atom. The summed E-state index contributed by atoms with van der Waals surface area (Å²) in [5.74, 6) is 0. The van der Waals surface area contributed by atoms with Crippen molar-refractivity contribution in [1.82, 2.24) is 4.90 Å². The minimum Gasteiger partial charge on any atom is -0.444 e. The van der Waals surface area contributed by atoms with E-state index in [0.717, 1.165) is 25.7 Å². The zero-order valence-corrected chi connectivity index (χ0v) is 17.7. The van der Waals surface area contributed by atoms with E-state index in [4.69, 9.17) is 9.47 Å². The predicted molar refractivity (Wildman–Crippen MR) is 104 cm³/mol. The Morgan fingerprint density at radius 1 is 1.33 bits per heavy atom. The Bertz CT molecular complexity index is 608. The summed E-state index contributed by atoms with van der Waals surface area (Å²) in [4.78, 5) is 14.3. The summed E-state index contributed by atoms with van der Waals surface area (Å²) in [6, 6.07) is 11.4. The van der Waals surface area contributed by atoms with Gasteiger partial charge >= 0.3 is 25.0 Å². The number of allylic oxidation sites excluding steroid dienone is 2. The first kappa shape index (κ1) is 23.8. The van der Waals surface area contributed by atoms with Crippen molar-refractivity contribution >= 4 is 6.09 Å². The summed E-state index contributed by atoms with van der Waals surface area (Å²) in [7, 11) is 0. The number of benzene rings is 1. The molecule has 1 aliphatic heterocycles. The van der Waals surface area contributed by atoms with Crippen LogP contribution in [0.1, 0.15) is 59.4 Å². The summed E-state index contributed by atoms with van der Waals surface area (Å²) >= 11 is 0. The third kappa shape index (κ3) is 7.74. The summed E-state index contributed by atoms with van der Waals surface area (Å²) in [5, 5.41) is 0. The average Bonchev–Trinajstić information content (AvgIpc) is 2.85. The quantitative estimate of drug-likeness (QED) is 0.440. The van der Waals surface area contributed by atoms with Crippen molar-refractivity contribution in [3.05, 3.63) is 48.0 Å². The SMILES string of the molecule is CC(C)(C)OC(=O)N1[C@@H](CC/C=C/CCc2[c-]cccc2)COC1(C)C.[Li+]. The third-order valence-electron chi connectivity index (χ3n) is 4.35. The molecule has 5 heteroatoms. The molecular formula is C22H32LiNO3. The summed E-state index contributed by atoms with van der Waals surface area (Å²) in [5.41, 5.74) is 0.105. The van der Waals surface area contributed by atoms with Crippen LogP contribution in [0.2, 0.25) is 0 Å². The summed E-state index contributed by atoms with van der Waals surface area (Å²) in [6.45, 7) is 10.1. The summed E-state index contributed by atoms with van der Waals surface area (Å²) in [6.07, 6.45) is 7.90. The molecule has 0 aromatic heterocycles. The Kier molecular flexibility index (Phi) is 9.15. The molecule has 1 atom stereocenters. The van der Waals surface area contributed by atoms with Crippen LogP contribution in [-0.4, -0.2) is 35.0 Å². The van der Waals surface area contributed by atoms with Crippen LogP contribution in [0, 0.1) is 6.07 Å². The number of hydrogen-bond acceptors (Lipinski definition) is 3. The number of ether oxygens (including phenoxy) is 2. The standard InChI is InChI=1S/C22H32NO3.Li/c1-21(2,3)26-20(24)23-19(17-25-22(23,4)5)16-12-7-6-9-13-18-14-10-8-11-15-18;/h6-8,10-11,14,19H,9,12-13,16-17H2,1-5H3;/q-1;+1/b7-6+;/t19-;/m0./s1. The maximum Gasteiger partial charge on any atom is 1.00 e. The molecule has 1 aromatic carbocycles. The van der Waals surface area contributed by atoms with Crippen molar-refractivity contribution in [3.63, 3.8) is 0 Å². The van der Waals surface area contributed by atoms with Crippen LogP contribution in [0.3, 0.4) is 0 Å². The Balaban J connectivity index is 0.00000364. The molecule has 0 spiro atoms. The number of rotatable bonds is 6. The van der Waals surface area contributed by atoms with E-state index in [9.17, 15) is 4.79 Å². The van der Waals surface area contributed by atoms with Gasteiger partial charge in [-0.1, -0.05) is 12.2 Å². The molecule has 0 aliphatic carbocycles. The molecule has 0 N–H and O–H groups in total. The number of amides is 1. The van der Waals surface area contributed by atoms with Crippen LogP contribution in [0.5, 0.6) is 0 Å². The van der Waals surface area contributed by atoms with E-state index in [1.807, 2.05) is 52.8 Å². The molecule has 0 bridgehead atoms. The molecular weight excluding hydrogens is 333 g/mol. The number of carbonyl (C=O) groups is 1. The van der Waals surface area contributed by atoms with Crippen molar-refractivity contribution in [1.29, 1.82) is 0 Å². The molecule has 1 fully saturated rings. The van der Waals surface area contributed by atoms with E-state index in [-0.39, 0.29) is 31.0 Å². The monoisotopic (exact) mass is 365 g/mol. The van der Waals surface area contributed by atoms with Gasteiger partial charge in [0.15, 0.2) is 0 Å². The van der Waals surface area contributed by atoms with Crippen molar-refractivity contribution in [2.45, 2.75) is 77.7 Å². The van der Waals surface area contributed by atoms with Crippen LogP contribution in [0.25, 0.3) is 0 Å². The maximum absolute atomic E-state index is 12.6. The number of hydrogen-bond donors (Lipinski definition) is 0. The minimum absolute atomic E-state index is 0. The molecule has 0 unspecified atom stereocenters. The van der Waals surface area contributed by atoms with Crippen LogP contribution in [0.15, 0.2) is 36.4 Å². The fourth-order valence-corrected chi connectivity index (χ4v) is 3.13. The molecule has 1 saturated heterocycles. The first-order valence-corrected chi connectivity index (χ1v) is 9.46. The third-order valence-corrected chi connectivity index (χ3v) is 4.35. The van der Waals surface area contributed by atoms with Crippen LogP contribution >= 0.6 is 0 Å². The molecule has 2 rings (SSSR count). The van der Waals surface area contributed by atoms with Gasteiger partial charge in [0, 0.05) is 0 Å².